The molecule has 0 atom stereocenters. The maximum atomic E-state index is 2.37. The molecule has 1 rings (SSSR count). The number of hydrogen-bond acceptors (Lipinski definition) is 2. The monoisotopic (exact) mass is 160 g/mol. The van der Waals surface area contributed by atoms with E-state index in [1.54, 1.807) is 4.91 Å². The summed E-state index contributed by atoms with van der Waals surface area (Å²) in [6.07, 6.45) is 3.66. The van der Waals surface area contributed by atoms with Crippen LogP contribution < -0.4 is 0 Å². The van der Waals surface area contributed by atoms with Gasteiger partial charge < -0.3 is 0 Å². The van der Waals surface area contributed by atoms with Crippen molar-refractivity contribution in [2.75, 3.05) is 17.3 Å². The van der Waals surface area contributed by atoms with E-state index < -0.39 is 0 Å². The third kappa shape index (κ3) is 2.67. The largest absolute Gasteiger partial charge is 0.157 e. The molecular weight excluding hydrogens is 148 g/mol. The van der Waals surface area contributed by atoms with Crippen LogP contribution in [0.1, 0.15) is 13.3 Å². The summed E-state index contributed by atoms with van der Waals surface area (Å²) in [5, 5.41) is 0. The van der Waals surface area contributed by atoms with E-state index in [9.17, 15) is 0 Å². The van der Waals surface area contributed by atoms with Gasteiger partial charge in [0, 0.05) is 11.5 Å². The zero-order valence-corrected chi connectivity index (χ0v) is 7.36. The molecule has 1 aliphatic rings. The molecule has 0 saturated heterocycles. The zero-order chi connectivity index (χ0) is 6.53. The summed E-state index contributed by atoms with van der Waals surface area (Å²) in [5.41, 5.74) is 0. The van der Waals surface area contributed by atoms with Gasteiger partial charge in [-0.1, -0.05) is 13.0 Å². The minimum Gasteiger partial charge on any atom is -0.157 e. The van der Waals surface area contributed by atoms with Gasteiger partial charge in [0.25, 0.3) is 0 Å². The van der Waals surface area contributed by atoms with Crippen LogP contribution in [0.15, 0.2) is 11.0 Å². The van der Waals surface area contributed by atoms with Gasteiger partial charge in [0.1, 0.15) is 0 Å². The van der Waals surface area contributed by atoms with Crippen molar-refractivity contribution in [1.82, 2.24) is 0 Å². The fourth-order valence-electron chi connectivity index (χ4n) is 0.772. The number of thioether (sulfide) groups is 2. The smallest absolute Gasteiger partial charge is 0.0241 e. The van der Waals surface area contributed by atoms with Gasteiger partial charge in [0.05, 0.1) is 0 Å². The van der Waals surface area contributed by atoms with Crippen molar-refractivity contribution in [2.45, 2.75) is 13.3 Å². The average Bonchev–Trinajstić information content (AvgIpc) is 2.34. The fraction of sp³-hybridized carbons (Fsp3) is 0.714. The van der Waals surface area contributed by atoms with Gasteiger partial charge in [0.15, 0.2) is 0 Å². The molecule has 0 aromatic rings. The molecule has 0 radical (unpaired) electrons. The lowest BCUT2D eigenvalue weighted by Crippen LogP contribution is -1.78. The highest BCUT2D eigenvalue weighted by atomic mass is 32.2. The van der Waals surface area contributed by atoms with Gasteiger partial charge in [-0.25, -0.2) is 0 Å². The Balaban J connectivity index is 2.11. The summed E-state index contributed by atoms with van der Waals surface area (Å²) >= 11 is 4.04. The van der Waals surface area contributed by atoms with E-state index in [1.807, 2.05) is 23.5 Å². The Morgan fingerprint density at radius 1 is 1.78 bits per heavy atom. The lowest BCUT2D eigenvalue weighted by molar-refractivity contribution is 1.27. The van der Waals surface area contributed by atoms with Crippen molar-refractivity contribution in [3.8, 4) is 0 Å². The molecule has 1 aliphatic heterocycles. The van der Waals surface area contributed by atoms with Crippen LogP contribution in [-0.4, -0.2) is 17.3 Å². The SMILES string of the molecule is CCSCC1=CCCS1. The molecule has 0 aromatic heterocycles. The van der Waals surface area contributed by atoms with E-state index in [2.05, 4.69) is 13.0 Å². The molecule has 0 fully saturated rings. The Hall–Kier alpha value is 0.440. The first-order valence-electron chi connectivity index (χ1n) is 3.33. The van der Waals surface area contributed by atoms with E-state index in [-0.39, 0.29) is 0 Å². The Labute approximate surface area is 65.5 Å². The Bertz CT molecular complexity index is 107. The first kappa shape index (κ1) is 7.55. The molecule has 0 nitrogen and oxygen atoms in total. The third-order valence-electron chi connectivity index (χ3n) is 1.23. The average molecular weight is 160 g/mol. The second kappa shape index (κ2) is 4.29. The summed E-state index contributed by atoms with van der Waals surface area (Å²) in [4.78, 5) is 1.60. The van der Waals surface area contributed by atoms with Crippen LogP contribution in [0.5, 0.6) is 0 Å². The normalized spacial score (nSPS) is 18.1. The van der Waals surface area contributed by atoms with Gasteiger partial charge in [-0.05, 0) is 17.1 Å². The molecule has 0 aromatic carbocycles. The van der Waals surface area contributed by atoms with Crippen LogP contribution in [-0.2, 0) is 0 Å². The standard InChI is InChI=1S/C7H12S2/c1-2-8-6-7-4-3-5-9-7/h4H,2-3,5-6H2,1H3. The van der Waals surface area contributed by atoms with Gasteiger partial charge >= 0.3 is 0 Å². The molecular formula is C7H12S2. The summed E-state index contributed by atoms with van der Waals surface area (Å²) < 4.78 is 0. The highest BCUT2D eigenvalue weighted by Gasteiger charge is 2.02. The molecule has 2 heteroatoms. The molecule has 0 saturated carbocycles. The highest BCUT2D eigenvalue weighted by Crippen LogP contribution is 2.27. The highest BCUT2D eigenvalue weighted by molar-refractivity contribution is 8.06. The van der Waals surface area contributed by atoms with Gasteiger partial charge in [-0.3, -0.25) is 0 Å². The Morgan fingerprint density at radius 2 is 2.67 bits per heavy atom. The topological polar surface area (TPSA) is 0 Å². The van der Waals surface area contributed by atoms with Crippen LogP contribution in [0.3, 0.4) is 0 Å². The van der Waals surface area contributed by atoms with Gasteiger partial charge in [-0.15, -0.1) is 11.8 Å². The summed E-state index contributed by atoms with van der Waals surface area (Å²) in [7, 11) is 0. The quantitative estimate of drug-likeness (QED) is 0.622. The summed E-state index contributed by atoms with van der Waals surface area (Å²) in [5.74, 6) is 3.82. The maximum Gasteiger partial charge on any atom is 0.0241 e. The van der Waals surface area contributed by atoms with Crippen LogP contribution in [0.2, 0.25) is 0 Å². The molecule has 0 unspecified atom stereocenters. The van der Waals surface area contributed by atoms with E-state index in [0.29, 0.717) is 0 Å². The van der Waals surface area contributed by atoms with E-state index in [4.69, 9.17) is 0 Å². The molecule has 0 bridgehead atoms. The lowest BCUT2D eigenvalue weighted by atomic mass is 10.4. The number of allylic oxidation sites excluding steroid dienone is 1. The van der Waals surface area contributed by atoms with Crippen molar-refractivity contribution in [1.29, 1.82) is 0 Å². The minimum absolute atomic E-state index is 1.25. The van der Waals surface area contributed by atoms with Crippen molar-refractivity contribution in [3.05, 3.63) is 11.0 Å². The maximum absolute atomic E-state index is 2.37. The van der Waals surface area contributed by atoms with Gasteiger partial charge in [-0.2, -0.15) is 11.8 Å². The van der Waals surface area contributed by atoms with Crippen molar-refractivity contribution in [3.63, 3.8) is 0 Å². The van der Waals surface area contributed by atoms with Crippen molar-refractivity contribution < 1.29 is 0 Å². The minimum atomic E-state index is 1.25. The predicted molar refractivity (Wildman–Crippen MR) is 48.2 cm³/mol. The molecule has 0 amide bonds. The lowest BCUT2D eigenvalue weighted by Gasteiger charge is -1.96. The third-order valence-corrected chi connectivity index (χ3v) is 3.45. The van der Waals surface area contributed by atoms with Crippen LogP contribution >= 0.6 is 23.5 Å². The molecule has 0 aliphatic carbocycles. The second-order valence-electron chi connectivity index (χ2n) is 1.94. The van der Waals surface area contributed by atoms with Crippen molar-refractivity contribution in [2.24, 2.45) is 0 Å². The predicted octanol–water partition coefficient (Wildman–Crippen LogP) is 2.76. The molecule has 52 valence electrons. The summed E-state index contributed by atoms with van der Waals surface area (Å²) in [6, 6.07) is 0. The van der Waals surface area contributed by atoms with E-state index >= 15 is 0 Å². The first-order chi connectivity index (χ1) is 4.43. The van der Waals surface area contributed by atoms with Crippen molar-refractivity contribution >= 4 is 23.5 Å². The number of rotatable bonds is 3. The van der Waals surface area contributed by atoms with Crippen LogP contribution in [0.25, 0.3) is 0 Å². The molecule has 9 heavy (non-hydrogen) atoms. The first-order valence-corrected chi connectivity index (χ1v) is 5.47. The zero-order valence-electron chi connectivity index (χ0n) is 5.72. The molecule has 1 heterocycles. The number of hydrogen-bond donors (Lipinski definition) is 0. The Kier molecular flexibility index (Phi) is 3.59. The van der Waals surface area contributed by atoms with Crippen LogP contribution in [0.4, 0.5) is 0 Å². The molecule has 0 spiro atoms. The summed E-state index contributed by atoms with van der Waals surface area (Å²) in [6.45, 7) is 2.21. The van der Waals surface area contributed by atoms with Crippen LogP contribution in [0, 0.1) is 0 Å². The van der Waals surface area contributed by atoms with Gasteiger partial charge in [0.2, 0.25) is 0 Å². The fourth-order valence-corrected chi connectivity index (χ4v) is 2.61. The van der Waals surface area contributed by atoms with E-state index in [0.717, 1.165) is 0 Å². The molecule has 0 N–H and O–H groups in total. The van der Waals surface area contributed by atoms with E-state index in [1.165, 1.54) is 23.7 Å². The Morgan fingerprint density at radius 3 is 3.22 bits per heavy atom. The second-order valence-corrected chi connectivity index (χ2v) is 4.44.